The van der Waals surface area contributed by atoms with Crippen LogP contribution in [0.15, 0.2) is 36.4 Å². The number of anilines is 2. The Bertz CT molecular complexity index is 665. The van der Waals surface area contributed by atoms with Gasteiger partial charge in [0, 0.05) is 11.1 Å². The molecule has 104 valence electrons. The van der Waals surface area contributed by atoms with Crippen molar-refractivity contribution in [2.45, 2.75) is 0 Å². The first-order valence-electron chi connectivity index (χ1n) is 5.48. The van der Waals surface area contributed by atoms with Gasteiger partial charge in [-0.25, -0.2) is 0 Å². The number of thiocarbonyl (C=S) groups is 1. The lowest BCUT2D eigenvalue weighted by atomic mass is 10.2. The van der Waals surface area contributed by atoms with E-state index in [1.807, 2.05) is 0 Å². The lowest BCUT2D eigenvalue weighted by Crippen LogP contribution is -2.04. The largest absolute Gasteiger partial charge is 0.456 e. The molecule has 0 bridgehead atoms. The molecule has 0 aliphatic carbocycles. The van der Waals surface area contributed by atoms with Gasteiger partial charge in [0.05, 0.1) is 16.4 Å². The van der Waals surface area contributed by atoms with E-state index in [1.165, 1.54) is 0 Å². The zero-order chi connectivity index (χ0) is 14.7. The standard InChI is InChI=1S/C13H10Cl2N2OS2/c14-7-1-4-12(9(15)5-7)18-8-2-3-10(16)11(6-8)17-13(19)20/h1-6H,16H2,(H2,17,19,20). The number of hydrogen-bond donors (Lipinski definition) is 3. The second-order valence-electron chi connectivity index (χ2n) is 3.86. The molecule has 0 atom stereocenters. The molecular weight excluding hydrogens is 335 g/mol. The molecule has 2 aromatic rings. The summed E-state index contributed by atoms with van der Waals surface area (Å²) in [7, 11) is 0. The van der Waals surface area contributed by atoms with E-state index in [1.54, 1.807) is 36.4 Å². The van der Waals surface area contributed by atoms with E-state index in [0.717, 1.165) is 0 Å². The minimum absolute atomic E-state index is 0.318. The Morgan fingerprint density at radius 1 is 1.20 bits per heavy atom. The highest BCUT2D eigenvalue weighted by Gasteiger charge is 2.07. The highest BCUT2D eigenvalue weighted by atomic mass is 35.5. The summed E-state index contributed by atoms with van der Waals surface area (Å²) in [5.41, 5.74) is 6.98. The number of ether oxygens (including phenoxy) is 1. The number of thiol groups is 1. The summed E-state index contributed by atoms with van der Waals surface area (Å²) in [4.78, 5) is 0. The molecule has 0 aromatic heterocycles. The number of nitrogen functional groups attached to an aromatic ring is 1. The Labute approximate surface area is 137 Å². The molecule has 3 N–H and O–H groups in total. The molecule has 0 unspecified atom stereocenters. The van der Waals surface area contributed by atoms with Gasteiger partial charge in [0.1, 0.15) is 15.8 Å². The van der Waals surface area contributed by atoms with Crippen LogP contribution in [0.2, 0.25) is 10.0 Å². The van der Waals surface area contributed by atoms with Crippen molar-refractivity contribution in [2.24, 2.45) is 0 Å². The molecule has 20 heavy (non-hydrogen) atoms. The van der Waals surface area contributed by atoms with Gasteiger partial charge < -0.3 is 15.8 Å². The summed E-state index contributed by atoms with van der Waals surface area (Å²) in [6.45, 7) is 0. The fraction of sp³-hybridized carbons (Fsp3) is 0. The maximum absolute atomic E-state index is 6.05. The molecule has 0 aliphatic rings. The van der Waals surface area contributed by atoms with Crippen molar-refractivity contribution in [2.75, 3.05) is 11.1 Å². The van der Waals surface area contributed by atoms with Crippen molar-refractivity contribution < 1.29 is 4.74 Å². The van der Waals surface area contributed by atoms with Gasteiger partial charge in [-0.2, -0.15) is 0 Å². The van der Waals surface area contributed by atoms with Gasteiger partial charge in [0.15, 0.2) is 0 Å². The number of hydrogen-bond acceptors (Lipinski definition) is 3. The summed E-state index contributed by atoms with van der Waals surface area (Å²) in [5.74, 6) is 1.07. The van der Waals surface area contributed by atoms with Gasteiger partial charge in [0.25, 0.3) is 0 Å². The Hall–Kier alpha value is -1.14. The fourth-order valence-corrected chi connectivity index (χ4v) is 2.18. The van der Waals surface area contributed by atoms with Crippen LogP contribution in [0.5, 0.6) is 11.5 Å². The zero-order valence-electron chi connectivity index (χ0n) is 10.1. The topological polar surface area (TPSA) is 47.3 Å². The van der Waals surface area contributed by atoms with Crippen LogP contribution in [0.25, 0.3) is 0 Å². The summed E-state index contributed by atoms with van der Waals surface area (Å²) in [6, 6.07) is 10.1. The van der Waals surface area contributed by atoms with Crippen LogP contribution < -0.4 is 15.8 Å². The number of nitrogens with two attached hydrogens (primary N) is 1. The Morgan fingerprint density at radius 3 is 2.60 bits per heavy atom. The van der Waals surface area contributed by atoms with E-state index in [-0.39, 0.29) is 0 Å². The number of benzene rings is 2. The van der Waals surface area contributed by atoms with E-state index in [2.05, 4.69) is 17.9 Å². The third-order valence-corrected chi connectivity index (χ3v) is 3.13. The van der Waals surface area contributed by atoms with Crippen LogP contribution in [0.3, 0.4) is 0 Å². The first kappa shape index (κ1) is 15.3. The summed E-state index contributed by atoms with van der Waals surface area (Å²) in [6.07, 6.45) is 0. The van der Waals surface area contributed by atoms with Gasteiger partial charge in [0.2, 0.25) is 0 Å². The molecule has 0 fully saturated rings. The van der Waals surface area contributed by atoms with Crippen LogP contribution in [0.4, 0.5) is 11.4 Å². The van der Waals surface area contributed by atoms with Gasteiger partial charge in [-0.15, -0.1) is 12.6 Å². The highest BCUT2D eigenvalue weighted by Crippen LogP contribution is 2.33. The fourth-order valence-electron chi connectivity index (χ4n) is 1.51. The van der Waals surface area contributed by atoms with Crippen LogP contribution in [0, 0.1) is 0 Å². The molecule has 0 heterocycles. The quantitative estimate of drug-likeness (QED) is 0.416. The number of halogens is 2. The van der Waals surface area contributed by atoms with Crippen LogP contribution >= 0.6 is 48.0 Å². The van der Waals surface area contributed by atoms with Crippen molar-refractivity contribution in [3.8, 4) is 11.5 Å². The SMILES string of the molecule is Nc1ccc(Oc2ccc(Cl)cc2Cl)cc1NC(=S)S. The Kier molecular flexibility index (Phi) is 4.99. The molecular formula is C13H10Cl2N2OS2. The van der Waals surface area contributed by atoms with Crippen molar-refractivity contribution in [3.63, 3.8) is 0 Å². The van der Waals surface area contributed by atoms with Gasteiger partial charge >= 0.3 is 0 Å². The van der Waals surface area contributed by atoms with Crippen LogP contribution in [-0.2, 0) is 0 Å². The third kappa shape index (κ3) is 3.93. The second-order valence-corrected chi connectivity index (χ2v) is 5.86. The van der Waals surface area contributed by atoms with E-state index >= 15 is 0 Å². The second kappa shape index (κ2) is 6.54. The molecule has 3 nitrogen and oxygen atoms in total. The van der Waals surface area contributed by atoms with Gasteiger partial charge in [-0.05, 0) is 30.3 Å². The van der Waals surface area contributed by atoms with Crippen LogP contribution in [-0.4, -0.2) is 4.32 Å². The first-order valence-corrected chi connectivity index (χ1v) is 7.09. The van der Waals surface area contributed by atoms with E-state index in [0.29, 0.717) is 37.2 Å². The lowest BCUT2D eigenvalue weighted by Gasteiger charge is -2.11. The molecule has 0 saturated heterocycles. The monoisotopic (exact) mass is 344 g/mol. The lowest BCUT2D eigenvalue weighted by molar-refractivity contribution is 0.483. The molecule has 2 aromatic carbocycles. The minimum atomic E-state index is 0.318. The molecule has 7 heteroatoms. The van der Waals surface area contributed by atoms with E-state index in [4.69, 9.17) is 45.9 Å². The zero-order valence-corrected chi connectivity index (χ0v) is 13.3. The summed E-state index contributed by atoms with van der Waals surface area (Å²) < 4.78 is 6.00. The average Bonchev–Trinajstić information content (AvgIpc) is 2.36. The van der Waals surface area contributed by atoms with Crippen molar-refractivity contribution in [3.05, 3.63) is 46.4 Å². The summed E-state index contributed by atoms with van der Waals surface area (Å²) in [5, 5.41) is 3.83. The molecule has 0 radical (unpaired) electrons. The van der Waals surface area contributed by atoms with E-state index < -0.39 is 0 Å². The van der Waals surface area contributed by atoms with Gasteiger partial charge in [-0.3, -0.25) is 0 Å². The molecule has 0 saturated carbocycles. The predicted molar refractivity (Wildman–Crippen MR) is 92.6 cm³/mol. The minimum Gasteiger partial charge on any atom is -0.456 e. The van der Waals surface area contributed by atoms with Crippen LogP contribution in [0.1, 0.15) is 0 Å². The first-order chi connectivity index (χ1) is 9.45. The normalized spacial score (nSPS) is 10.2. The van der Waals surface area contributed by atoms with E-state index in [9.17, 15) is 0 Å². The Morgan fingerprint density at radius 2 is 1.95 bits per heavy atom. The highest BCUT2D eigenvalue weighted by molar-refractivity contribution is 8.11. The number of rotatable bonds is 3. The van der Waals surface area contributed by atoms with Crippen molar-refractivity contribution in [1.82, 2.24) is 0 Å². The third-order valence-electron chi connectivity index (χ3n) is 2.39. The van der Waals surface area contributed by atoms with Gasteiger partial charge in [-0.1, -0.05) is 35.4 Å². The Balaban J connectivity index is 2.27. The number of nitrogens with one attached hydrogen (secondary N) is 1. The summed E-state index contributed by atoms with van der Waals surface area (Å²) >= 11 is 20.8. The van der Waals surface area contributed by atoms with Crippen molar-refractivity contribution >= 4 is 63.7 Å². The maximum Gasteiger partial charge on any atom is 0.146 e. The molecule has 0 aliphatic heterocycles. The average molecular weight is 345 g/mol. The molecule has 0 amide bonds. The predicted octanol–water partition coefficient (Wildman–Crippen LogP) is 4.99. The molecule has 2 rings (SSSR count). The molecule has 0 spiro atoms. The van der Waals surface area contributed by atoms with Crippen molar-refractivity contribution in [1.29, 1.82) is 0 Å². The maximum atomic E-state index is 6.05. The smallest absolute Gasteiger partial charge is 0.146 e.